The van der Waals surface area contributed by atoms with Crippen LogP contribution in [0.4, 0.5) is 0 Å². The molecule has 96 valence electrons. The lowest BCUT2D eigenvalue weighted by atomic mass is 9.80. The molecule has 1 aromatic rings. The minimum absolute atomic E-state index is 0.185. The van der Waals surface area contributed by atoms with E-state index in [1.54, 1.807) is 11.8 Å². The molecule has 1 fully saturated rings. The van der Waals surface area contributed by atoms with Crippen molar-refractivity contribution >= 4 is 11.9 Å². The normalized spacial score (nSPS) is 18.4. The first kappa shape index (κ1) is 12.5. The highest BCUT2D eigenvalue weighted by molar-refractivity contribution is 5.92. The number of nitrogens with zero attached hydrogens (tertiary/aromatic N) is 3. The number of piperidine rings is 1. The van der Waals surface area contributed by atoms with Crippen LogP contribution < -0.4 is 0 Å². The van der Waals surface area contributed by atoms with Crippen molar-refractivity contribution in [1.82, 2.24) is 14.9 Å². The van der Waals surface area contributed by atoms with Gasteiger partial charge in [0, 0.05) is 25.5 Å². The predicted octanol–water partition coefficient (Wildman–Crippen LogP) is 0.804. The van der Waals surface area contributed by atoms with Crippen molar-refractivity contribution in [1.29, 1.82) is 0 Å². The maximum Gasteiger partial charge on any atom is 0.309 e. The van der Waals surface area contributed by atoms with Gasteiger partial charge in [0.1, 0.15) is 5.69 Å². The minimum atomic E-state index is -0.797. The Kier molecular flexibility index (Phi) is 3.27. The lowest BCUT2D eigenvalue weighted by molar-refractivity contribution is -0.150. The fourth-order valence-electron chi connectivity index (χ4n) is 1.99. The van der Waals surface area contributed by atoms with E-state index < -0.39 is 11.4 Å². The number of carbonyl (C=O) groups excluding carboxylic acids is 1. The van der Waals surface area contributed by atoms with Gasteiger partial charge in [-0.2, -0.15) is 0 Å². The largest absolute Gasteiger partial charge is 0.481 e. The second-order valence-corrected chi connectivity index (χ2v) is 4.75. The molecule has 1 N–H and O–H groups in total. The van der Waals surface area contributed by atoms with Crippen LogP contribution >= 0.6 is 0 Å². The van der Waals surface area contributed by atoms with Gasteiger partial charge in [-0.25, -0.2) is 4.98 Å². The summed E-state index contributed by atoms with van der Waals surface area (Å²) in [7, 11) is 0. The average molecular weight is 249 g/mol. The number of aliphatic carboxylic acids is 1. The molecule has 0 saturated carbocycles. The summed E-state index contributed by atoms with van der Waals surface area (Å²) in [6.07, 6.45) is 5.34. The molecular formula is C12H15N3O3. The molecule has 6 nitrogen and oxygen atoms in total. The van der Waals surface area contributed by atoms with Gasteiger partial charge in [0.2, 0.25) is 0 Å². The van der Waals surface area contributed by atoms with Crippen LogP contribution in [0.2, 0.25) is 0 Å². The molecule has 1 aliphatic rings. The Morgan fingerprint density at radius 3 is 2.50 bits per heavy atom. The molecule has 0 radical (unpaired) electrons. The van der Waals surface area contributed by atoms with Crippen LogP contribution in [0.15, 0.2) is 18.6 Å². The van der Waals surface area contributed by atoms with E-state index in [1.165, 1.54) is 18.6 Å². The van der Waals surface area contributed by atoms with Gasteiger partial charge in [0.15, 0.2) is 0 Å². The number of hydrogen-bond donors (Lipinski definition) is 1. The third-order valence-electron chi connectivity index (χ3n) is 3.45. The van der Waals surface area contributed by atoms with Crippen LogP contribution in [0.3, 0.4) is 0 Å². The van der Waals surface area contributed by atoms with E-state index in [4.69, 9.17) is 5.11 Å². The molecule has 0 unspecified atom stereocenters. The minimum Gasteiger partial charge on any atom is -0.481 e. The standard InChI is InChI=1S/C12H15N3O3/c1-12(11(17)18)2-6-15(7-3-12)10(16)9-8-13-4-5-14-9/h4-5,8H,2-3,6-7H2,1H3,(H,17,18). The van der Waals surface area contributed by atoms with E-state index in [1.807, 2.05) is 0 Å². The summed E-state index contributed by atoms with van der Waals surface area (Å²) < 4.78 is 0. The summed E-state index contributed by atoms with van der Waals surface area (Å²) in [5, 5.41) is 9.11. The van der Waals surface area contributed by atoms with Crippen molar-refractivity contribution < 1.29 is 14.7 Å². The monoisotopic (exact) mass is 249 g/mol. The fraction of sp³-hybridized carbons (Fsp3) is 0.500. The van der Waals surface area contributed by atoms with Gasteiger partial charge in [-0.3, -0.25) is 14.6 Å². The number of aromatic nitrogens is 2. The highest BCUT2D eigenvalue weighted by Gasteiger charge is 2.38. The van der Waals surface area contributed by atoms with Crippen molar-refractivity contribution in [3.8, 4) is 0 Å². The van der Waals surface area contributed by atoms with Gasteiger partial charge in [0.05, 0.1) is 11.6 Å². The van der Waals surface area contributed by atoms with Gasteiger partial charge in [-0.05, 0) is 19.8 Å². The number of likely N-dealkylation sites (tertiary alicyclic amines) is 1. The van der Waals surface area contributed by atoms with Crippen molar-refractivity contribution in [2.45, 2.75) is 19.8 Å². The Balaban J connectivity index is 2.03. The van der Waals surface area contributed by atoms with Crippen molar-refractivity contribution in [3.05, 3.63) is 24.3 Å². The first-order valence-corrected chi connectivity index (χ1v) is 5.82. The van der Waals surface area contributed by atoms with E-state index in [2.05, 4.69) is 9.97 Å². The number of amides is 1. The van der Waals surface area contributed by atoms with E-state index in [0.717, 1.165) is 0 Å². The van der Waals surface area contributed by atoms with Gasteiger partial charge in [-0.1, -0.05) is 0 Å². The molecule has 2 heterocycles. The Hall–Kier alpha value is -1.98. The van der Waals surface area contributed by atoms with Gasteiger partial charge in [-0.15, -0.1) is 0 Å². The first-order valence-electron chi connectivity index (χ1n) is 5.82. The summed E-state index contributed by atoms with van der Waals surface area (Å²) in [5.74, 6) is -0.982. The molecule has 0 spiro atoms. The van der Waals surface area contributed by atoms with Crippen LogP contribution in [0.1, 0.15) is 30.3 Å². The molecule has 1 amide bonds. The van der Waals surface area contributed by atoms with Gasteiger partial charge >= 0.3 is 5.97 Å². The number of carboxylic acid groups (broad SMARTS) is 1. The Morgan fingerprint density at radius 1 is 1.33 bits per heavy atom. The molecule has 0 aromatic carbocycles. The Morgan fingerprint density at radius 2 is 2.00 bits per heavy atom. The molecule has 0 aliphatic carbocycles. The van der Waals surface area contributed by atoms with Crippen molar-refractivity contribution in [3.63, 3.8) is 0 Å². The highest BCUT2D eigenvalue weighted by Crippen LogP contribution is 2.31. The number of rotatable bonds is 2. The van der Waals surface area contributed by atoms with Crippen LogP contribution in [0.25, 0.3) is 0 Å². The third-order valence-corrected chi connectivity index (χ3v) is 3.45. The van der Waals surface area contributed by atoms with E-state index in [0.29, 0.717) is 31.6 Å². The van der Waals surface area contributed by atoms with Crippen LogP contribution in [0.5, 0.6) is 0 Å². The molecule has 2 rings (SSSR count). The SMILES string of the molecule is CC1(C(=O)O)CCN(C(=O)c2cnccn2)CC1. The number of carbonyl (C=O) groups is 2. The summed E-state index contributed by atoms with van der Waals surface area (Å²) in [5.41, 5.74) is -0.421. The summed E-state index contributed by atoms with van der Waals surface area (Å²) in [4.78, 5) is 32.6. The second kappa shape index (κ2) is 4.72. The Bertz CT molecular complexity index is 453. The zero-order valence-corrected chi connectivity index (χ0v) is 10.2. The van der Waals surface area contributed by atoms with E-state index in [-0.39, 0.29) is 5.91 Å². The molecule has 0 atom stereocenters. The molecule has 1 aromatic heterocycles. The predicted molar refractivity (Wildman–Crippen MR) is 62.9 cm³/mol. The molecule has 6 heteroatoms. The molecule has 1 aliphatic heterocycles. The zero-order valence-electron chi connectivity index (χ0n) is 10.2. The van der Waals surface area contributed by atoms with Gasteiger partial charge < -0.3 is 10.0 Å². The highest BCUT2D eigenvalue weighted by atomic mass is 16.4. The number of hydrogen-bond acceptors (Lipinski definition) is 4. The molecule has 0 bridgehead atoms. The maximum absolute atomic E-state index is 12.1. The smallest absolute Gasteiger partial charge is 0.309 e. The lowest BCUT2D eigenvalue weighted by Gasteiger charge is -2.36. The van der Waals surface area contributed by atoms with Crippen molar-refractivity contribution in [2.75, 3.05) is 13.1 Å². The Labute approximate surface area is 105 Å². The summed E-state index contributed by atoms with van der Waals surface area (Å²) >= 11 is 0. The fourth-order valence-corrected chi connectivity index (χ4v) is 1.99. The van der Waals surface area contributed by atoms with E-state index >= 15 is 0 Å². The van der Waals surface area contributed by atoms with Crippen molar-refractivity contribution in [2.24, 2.45) is 5.41 Å². The maximum atomic E-state index is 12.1. The lowest BCUT2D eigenvalue weighted by Crippen LogP contribution is -2.45. The topological polar surface area (TPSA) is 83.4 Å². The third kappa shape index (κ3) is 2.32. The summed E-state index contributed by atoms with van der Waals surface area (Å²) in [6.45, 7) is 2.61. The first-order chi connectivity index (χ1) is 8.53. The van der Waals surface area contributed by atoms with Crippen LogP contribution in [-0.2, 0) is 4.79 Å². The molecular weight excluding hydrogens is 234 g/mol. The van der Waals surface area contributed by atoms with Gasteiger partial charge in [0.25, 0.3) is 5.91 Å². The number of carboxylic acids is 1. The van der Waals surface area contributed by atoms with Crippen LogP contribution in [-0.4, -0.2) is 44.9 Å². The zero-order chi connectivity index (χ0) is 13.2. The quantitative estimate of drug-likeness (QED) is 0.838. The summed E-state index contributed by atoms with van der Waals surface area (Å²) in [6, 6.07) is 0. The average Bonchev–Trinajstić information content (AvgIpc) is 2.40. The van der Waals surface area contributed by atoms with Crippen LogP contribution in [0, 0.1) is 5.41 Å². The molecule has 18 heavy (non-hydrogen) atoms. The molecule has 1 saturated heterocycles. The van der Waals surface area contributed by atoms with E-state index in [9.17, 15) is 9.59 Å². The second-order valence-electron chi connectivity index (χ2n) is 4.75.